The minimum atomic E-state index is -0.662. The lowest BCUT2D eigenvalue weighted by Crippen LogP contribution is -2.22. The summed E-state index contributed by atoms with van der Waals surface area (Å²) in [5, 5.41) is 27.5. The van der Waals surface area contributed by atoms with E-state index in [1.54, 1.807) is 25.1 Å². The maximum atomic E-state index is 13.3. The highest BCUT2D eigenvalue weighted by molar-refractivity contribution is 9.10. The Kier molecular flexibility index (Phi) is 8.24. The van der Waals surface area contributed by atoms with E-state index in [1.165, 1.54) is 29.1 Å². The molecule has 0 atom stereocenters. The molecule has 0 aliphatic rings. The topological polar surface area (TPSA) is 165 Å². The average molecular weight is 597 g/mol. The van der Waals surface area contributed by atoms with Crippen LogP contribution < -0.4 is 15.0 Å². The van der Waals surface area contributed by atoms with E-state index in [0.29, 0.717) is 34.0 Å². The maximum absolute atomic E-state index is 13.3. The number of fused-ring (bicyclic) bond motifs is 1. The van der Waals surface area contributed by atoms with E-state index >= 15 is 0 Å². The normalized spacial score (nSPS) is 11.2. The van der Waals surface area contributed by atoms with Gasteiger partial charge in [0.15, 0.2) is 5.75 Å². The summed E-state index contributed by atoms with van der Waals surface area (Å²) in [7, 11) is 0. The van der Waals surface area contributed by atoms with E-state index in [2.05, 4.69) is 31.0 Å². The number of ether oxygens (including phenoxy) is 2. The zero-order valence-electron chi connectivity index (χ0n) is 20.7. The number of nitrogens with zero attached hydrogens (tertiary/aromatic N) is 6. The molecule has 0 spiro atoms. The van der Waals surface area contributed by atoms with E-state index in [4.69, 9.17) is 9.47 Å². The van der Waals surface area contributed by atoms with Gasteiger partial charge in [0.05, 0.1) is 33.6 Å². The molecular weight excluding hydrogens is 576 g/mol. The molecule has 4 rings (SSSR count). The second-order valence-electron chi connectivity index (χ2n) is 8.07. The minimum Gasteiger partial charge on any atom is -0.490 e. The van der Waals surface area contributed by atoms with Crippen molar-refractivity contribution < 1.29 is 19.3 Å². The molecular formula is C25H21BrN6O7. The number of rotatable bonds is 10. The van der Waals surface area contributed by atoms with Crippen molar-refractivity contribution in [3.63, 3.8) is 0 Å². The van der Waals surface area contributed by atoms with Gasteiger partial charge in [0.25, 0.3) is 11.2 Å². The van der Waals surface area contributed by atoms with Gasteiger partial charge < -0.3 is 9.47 Å². The molecule has 0 aliphatic carbocycles. The number of hydrogen-bond acceptors (Lipinski definition) is 10. The van der Waals surface area contributed by atoms with E-state index < -0.39 is 15.5 Å². The summed E-state index contributed by atoms with van der Waals surface area (Å²) >= 11 is 3.36. The highest BCUT2D eigenvalue weighted by atomic mass is 79.9. The third-order valence-corrected chi connectivity index (χ3v) is 5.86. The van der Waals surface area contributed by atoms with Crippen LogP contribution in [0.2, 0.25) is 0 Å². The first kappa shape index (κ1) is 27.3. The number of aromatic nitrogens is 3. The summed E-state index contributed by atoms with van der Waals surface area (Å²) < 4.78 is 13.1. The predicted molar refractivity (Wildman–Crippen MR) is 146 cm³/mol. The summed E-state index contributed by atoms with van der Waals surface area (Å²) in [5.74, 6) is 0.129. The summed E-state index contributed by atoms with van der Waals surface area (Å²) in [6.07, 6.45) is 3.48. The van der Waals surface area contributed by atoms with Gasteiger partial charge in [-0.15, -0.1) is 0 Å². The van der Waals surface area contributed by atoms with Crippen LogP contribution in [-0.2, 0) is 6.42 Å². The number of nitro groups is 2. The second-order valence-corrected chi connectivity index (χ2v) is 8.99. The van der Waals surface area contributed by atoms with Crippen LogP contribution in [0.15, 0.2) is 63.0 Å². The van der Waals surface area contributed by atoms with Crippen LogP contribution in [0, 0.1) is 20.2 Å². The lowest BCUT2D eigenvalue weighted by molar-refractivity contribution is -0.385. The first-order chi connectivity index (χ1) is 18.7. The molecule has 13 nitrogen and oxygen atoms in total. The summed E-state index contributed by atoms with van der Waals surface area (Å²) in [6, 6.07) is 10.3. The van der Waals surface area contributed by atoms with Gasteiger partial charge in [0.2, 0.25) is 11.6 Å². The summed E-state index contributed by atoms with van der Waals surface area (Å²) in [4.78, 5) is 43.2. The Bertz CT molecular complexity index is 1650. The molecule has 14 heteroatoms. The van der Waals surface area contributed by atoms with Crippen LogP contribution in [0.1, 0.15) is 31.7 Å². The molecule has 0 saturated carbocycles. The van der Waals surface area contributed by atoms with Gasteiger partial charge in [0.1, 0.15) is 12.0 Å². The molecule has 0 saturated heterocycles. The predicted octanol–water partition coefficient (Wildman–Crippen LogP) is 5.40. The van der Waals surface area contributed by atoms with Crippen LogP contribution in [0.4, 0.5) is 11.4 Å². The maximum Gasteiger partial charge on any atom is 0.316 e. The van der Waals surface area contributed by atoms with Crippen molar-refractivity contribution in [2.24, 2.45) is 5.10 Å². The first-order valence-corrected chi connectivity index (χ1v) is 12.5. The molecule has 200 valence electrons. The van der Waals surface area contributed by atoms with Crippen molar-refractivity contribution in [2.45, 2.75) is 26.7 Å². The molecule has 0 unspecified atom stereocenters. The van der Waals surface area contributed by atoms with Crippen molar-refractivity contribution in [1.29, 1.82) is 0 Å². The zero-order valence-corrected chi connectivity index (χ0v) is 22.3. The van der Waals surface area contributed by atoms with Crippen LogP contribution in [0.3, 0.4) is 0 Å². The van der Waals surface area contributed by atoms with Gasteiger partial charge in [0, 0.05) is 34.7 Å². The molecule has 4 aromatic rings. The molecule has 0 bridgehead atoms. The number of halogens is 1. The second kappa shape index (κ2) is 11.8. The van der Waals surface area contributed by atoms with Crippen molar-refractivity contribution in [2.75, 3.05) is 6.61 Å². The third-order valence-electron chi connectivity index (χ3n) is 5.36. The van der Waals surface area contributed by atoms with Crippen molar-refractivity contribution in [1.82, 2.24) is 14.6 Å². The SMILES string of the molecule is CCCc1nc2ccc(Br)cc2c(=O)n1N=Cc1cc(OCC)c(Oc2ccc([N+](=O)[O-])cn2)c([N+](=O)[O-])c1. The van der Waals surface area contributed by atoms with Gasteiger partial charge in [-0.05, 0) is 37.6 Å². The molecule has 0 radical (unpaired) electrons. The Hall–Kier alpha value is -4.72. The molecule has 0 aliphatic heterocycles. The van der Waals surface area contributed by atoms with Crippen LogP contribution in [0.25, 0.3) is 10.9 Å². The summed E-state index contributed by atoms with van der Waals surface area (Å²) in [5.41, 5.74) is -0.304. The molecule has 0 amide bonds. The van der Waals surface area contributed by atoms with Gasteiger partial charge in [-0.25, -0.2) is 9.97 Å². The fourth-order valence-corrected chi connectivity index (χ4v) is 4.01. The lowest BCUT2D eigenvalue weighted by atomic mass is 10.2. The molecule has 0 N–H and O–H groups in total. The Morgan fingerprint density at radius 3 is 2.54 bits per heavy atom. The smallest absolute Gasteiger partial charge is 0.316 e. The highest BCUT2D eigenvalue weighted by Gasteiger charge is 2.24. The fourth-order valence-electron chi connectivity index (χ4n) is 3.65. The fraction of sp³-hybridized carbons (Fsp3) is 0.200. The van der Waals surface area contributed by atoms with Gasteiger partial charge in [-0.1, -0.05) is 22.9 Å². The third kappa shape index (κ3) is 6.06. The Labute approximate surface area is 229 Å². The monoisotopic (exact) mass is 596 g/mol. The number of pyridine rings is 1. The van der Waals surface area contributed by atoms with Crippen LogP contribution in [0.5, 0.6) is 17.4 Å². The van der Waals surface area contributed by atoms with Gasteiger partial charge in [-0.3, -0.25) is 25.0 Å². The standard InChI is InChI=1S/C25H21BrN6O7/c1-3-5-22-29-19-8-6-16(26)12-18(19)25(33)30(22)28-13-15-10-20(32(36)37)24(21(11-15)38-4-2)39-23-9-7-17(14-27-23)31(34)35/h6-14H,3-5H2,1-2H3. The van der Waals surface area contributed by atoms with Gasteiger partial charge in [-0.2, -0.15) is 9.78 Å². The number of benzene rings is 2. The largest absolute Gasteiger partial charge is 0.490 e. The van der Waals surface area contributed by atoms with E-state index in [1.807, 2.05) is 6.92 Å². The molecule has 2 aromatic carbocycles. The average Bonchev–Trinajstić information content (AvgIpc) is 2.90. The summed E-state index contributed by atoms with van der Waals surface area (Å²) in [6.45, 7) is 3.80. The van der Waals surface area contributed by atoms with E-state index in [9.17, 15) is 25.0 Å². The Morgan fingerprint density at radius 1 is 1.10 bits per heavy atom. The Morgan fingerprint density at radius 2 is 1.90 bits per heavy atom. The van der Waals surface area contributed by atoms with Gasteiger partial charge >= 0.3 is 5.69 Å². The van der Waals surface area contributed by atoms with Crippen LogP contribution >= 0.6 is 15.9 Å². The van der Waals surface area contributed by atoms with Crippen molar-refractivity contribution in [3.8, 4) is 17.4 Å². The van der Waals surface area contributed by atoms with E-state index in [0.717, 1.165) is 12.3 Å². The van der Waals surface area contributed by atoms with Crippen molar-refractivity contribution in [3.05, 3.63) is 95.1 Å². The van der Waals surface area contributed by atoms with E-state index in [-0.39, 0.29) is 40.8 Å². The number of aryl methyl sites for hydroxylation is 1. The molecule has 2 heterocycles. The number of nitro benzene ring substituents is 1. The van der Waals surface area contributed by atoms with Crippen molar-refractivity contribution >= 4 is 44.4 Å². The highest BCUT2D eigenvalue weighted by Crippen LogP contribution is 2.40. The number of hydrogen-bond donors (Lipinski definition) is 0. The minimum absolute atomic E-state index is 0.0231. The Balaban J connectivity index is 1.79. The quantitative estimate of drug-likeness (QED) is 0.132. The van der Waals surface area contributed by atoms with Crippen LogP contribution in [-0.4, -0.2) is 37.3 Å². The molecule has 0 fully saturated rings. The first-order valence-electron chi connectivity index (χ1n) is 11.7. The molecule has 2 aromatic heterocycles. The molecule has 39 heavy (non-hydrogen) atoms. The zero-order chi connectivity index (χ0) is 28.1. The lowest BCUT2D eigenvalue weighted by Gasteiger charge is -2.12.